The van der Waals surface area contributed by atoms with E-state index in [0.717, 1.165) is 12.8 Å². The molecule has 6 heteroatoms. The van der Waals surface area contributed by atoms with Gasteiger partial charge in [0, 0.05) is 5.92 Å². The molecule has 0 unspecified atom stereocenters. The first kappa shape index (κ1) is 13.4. The number of pyridine rings is 1. The lowest BCUT2D eigenvalue weighted by Crippen LogP contribution is -2.23. The standard InChI is InChI=1S/C15H14N2O4/c18-14(10-5-6-21-8-10)16-7-11-3-4-12(15(19)20)13(17-11)9-1-2-9/h3-6,8-9H,1-2,7H2,(H,16,18)(H,19,20). The fourth-order valence-corrected chi connectivity index (χ4v) is 2.13. The van der Waals surface area contributed by atoms with Gasteiger partial charge in [-0.1, -0.05) is 0 Å². The number of amides is 1. The number of aromatic nitrogens is 1. The van der Waals surface area contributed by atoms with Crippen LogP contribution in [0, 0.1) is 0 Å². The lowest BCUT2D eigenvalue weighted by Gasteiger charge is -2.08. The summed E-state index contributed by atoms with van der Waals surface area (Å²) in [7, 11) is 0. The van der Waals surface area contributed by atoms with Crippen molar-refractivity contribution < 1.29 is 19.1 Å². The number of hydrogen-bond acceptors (Lipinski definition) is 4. The second kappa shape index (κ2) is 5.40. The van der Waals surface area contributed by atoms with Crippen LogP contribution in [0.15, 0.2) is 35.1 Å². The first-order valence-corrected chi connectivity index (χ1v) is 6.68. The lowest BCUT2D eigenvalue weighted by molar-refractivity contribution is 0.0694. The third-order valence-electron chi connectivity index (χ3n) is 3.39. The largest absolute Gasteiger partial charge is 0.478 e. The van der Waals surface area contributed by atoms with Crippen LogP contribution in [0.4, 0.5) is 0 Å². The number of carbonyl (C=O) groups excluding carboxylic acids is 1. The molecule has 0 aromatic carbocycles. The summed E-state index contributed by atoms with van der Waals surface area (Å²) in [5.41, 5.74) is 1.97. The SMILES string of the molecule is O=C(NCc1ccc(C(=O)O)c(C2CC2)n1)c1ccoc1. The summed E-state index contributed by atoms with van der Waals surface area (Å²) in [6, 6.07) is 4.76. The van der Waals surface area contributed by atoms with Gasteiger partial charge in [0.15, 0.2) is 0 Å². The lowest BCUT2D eigenvalue weighted by atomic mass is 10.1. The Bertz CT molecular complexity index is 675. The van der Waals surface area contributed by atoms with Gasteiger partial charge in [0.1, 0.15) is 6.26 Å². The highest BCUT2D eigenvalue weighted by molar-refractivity contribution is 5.93. The van der Waals surface area contributed by atoms with Gasteiger partial charge in [-0.05, 0) is 31.0 Å². The number of carbonyl (C=O) groups is 2. The minimum absolute atomic E-state index is 0.237. The number of carboxylic acids is 1. The van der Waals surface area contributed by atoms with Gasteiger partial charge in [-0.2, -0.15) is 0 Å². The van der Waals surface area contributed by atoms with Crippen LogP contribution in [0.3, 0.4) is 0 Å². The van der Waals surface area contributed by atoms with Crippen LogP contribution in [-0.2, 0) is 6.54 Å². The molecule has 21 heavy (non-hydrogen) atoms. The smallest absolute Gasteiger partial charge is 0.337 e. The Morgan fingerprint density at radius 1 is 1.33 bits per heavy atom. The molecule has 1 aliphatic carbocycles. The number of nitrogens with zero attached hydrogens (tertiary/aromatic N) is 1. The molecule has 0 aliphatic heterocycles. The highest BCUT2D eigenvalue weighted by Gasteiger charge is 2.29. The maximum Gasteiger partial charge on any atom is 0.337 e. The van der Waals surface area contributed by atoms with Crippen LogP contribution < -0.4 is 5.32 Å². The summed E-state index contributed by atoms with van der Waals surface area (Å²) < 4.78 is 4.85. The molecule has 108 valence electrons. The van der Waals surface area contributed by atoms with E-state index in [1.54, 1.807) is 18.2 Å². The minimum Gasteiger partial charge on any atom is -0.478 e. The fourth-order valence-electron chi connectivity index (χ4n) is 2.13. The molecule has 0 saturated heterocycles. The molecule has 6 nitrogen and oxygen atoms in total. The predicted octanol–water partition coefficient (Wildman–Crippen LogP) is 2.18. The van der Waals surface area contributed by atoms with E-state index >= 15 is 0 Å². The zero-order valence-electron chi connectivity index (χ0n) is 11.2. The summed E-state index contributed by atoms with van der Waals surface area (Å²) in [6.07, 6.45) is 4.74. The first-order valence-electron chi connectivity index (χ1n) is 6.68. The average Bonchev–Trinajstić information content (AvgIpc) is 3.18. The van der Waals surface area contributed by atoms with E-state index < -0.39 is 5.97 Å². The van der Waals surface area contributed by atoms with Gasteiger partial charge < -0.3 is 14.8 Å². The molecule has 2 heterocycles. The zero-order chi connectivity index (χ0) is 14.8. The molecule has 2 aromatic heterocycles. The number of nitrogens with one attached hydrogen (secondary N) is 1. The normalized spacial score (nSPS) is 13.9. The summed E-state index contributed by atoms with van der Waals surface area (Å²) in [6.45, 7) is 0.254. The Morgan fingerprint density at radius 3 is 2.76 bits per heavy atom. The van der Waals surface area contributed by atoms with E-state index in [1.165, 1.54) is 12.5 Å². The molecule has 1 fully saturated rings. The average molecular weight is 286 g/mol. The molecular weight excluding hydrogens is 272 g/mol. The van der Waals surface area contributed by atoms with Gasteiger partial charge >= 0.3 is 5.97 Å². The first-order chi connectivity index (χ1) is 10.1. The van der Waals surface area contributed by atoms with Crippen molar-refractivity contribution in [1.29, 1.82) is 0 Å². The van der Waals surface area contributed by atoms with E-state index in [4.69, 9.17) is 9.52 Å². The second-order valence-corrected chi connectivity index (χ2v) is 5.01. The Labute approximate surface area is 120 Å². The number of furan rings is 1. The number of carboxylic acid groups (broad SMARTS) is 1. The molecule has 1 saturated carbocycles. The van der Waals surface area contributed by atoms with Crippen LogP contribution in [-0.4, -0.2) is 22.0 Å². The van der Waals surface area contributed by atoms with Crippen molar-refractivity contribution in [2.75, 3.05) is 0 Å². The van der Waals surface area contributed by atoms with E-state index in [1.807, 2.05) is 0 Å². The summed E-state index contributed by atoms with van der Waals surface area (Å²) in [5.74, 6) is -0.972. The van der Waals surface area contributed by atoms with Gasteiger partial charge in [-0.25, -0.2) is 4.79 Å². The van der Waals surface area contributed by atoms with Crippen molar-refractivity contribution in [3.05, 3.63) is 53.2 Å². The molecular formula is C15H14N2O4. The molecule has 2 N–H and O–H groups in total. The minimum atomic E-state index is -0.960. The molecule has 0 radical (unpaired) electrons. The van der Waals surface area contributed by atoms with Crippen LogP contribution in [0.2, 0.25) is 0 Å². The van der Waals surface area contributed by atoms with Gasteiger partial charge in [0.2, 0.25) is 0 Å². The van der Waals surface area contributed by atoms with Gasteiger partial charge in [-0.3, -0.25) is 9.78 Å². The number of rotatable bonds is 5. The Hall–Kier alpha value is -2.63. The van der Waals surface area contributed by atoms with E-state index in [-0.39, 0.29) is 23.9 Å². The molecule has 0 bridgehead atoms. The van der Waals surface area contributed by atoms with Gasteiger partial charge in [0.05, 0.1) is 35.3 Å². The summed E-state index contributed by atoms with van der Waals surface area (Å²) >= 11 is 0. The van der Waals surface area contributed by atoms with Crippen LogP contribution in [0.25, 0.3) is 0 Å². The Kier molecular flexibility index (Phi) is 3.43. The van der Waals surface area contributed by atoms with Crippen LogP contribution in [0.1, 0.15) is 50.9 Å². The van der Waals surface area contributed by atoms with Crippen molar-refractivity contribution in [2.45, 2.75) is 25.3 Å². The predicted molar refractivity (Wildman–Crippen MR) is 73.0 cm³/mol. The van der Waals surface area contributed by atoms with Gasteiger partial charge in [0.25, 0.3) is 5.91 Å². The van der Waals surface area contributed by atoms with Crippen molar-refractivity contribution in [3.63, 3.8) is 0 Å². The third kappa shape index (κ3) is 2.94. The highest BCUT2D eigenvalue weighted by atomic mass is 16.4. The maximum absolute atomic E-state index is 11.8. The highest BCUT2D eigenvalue weighted by Crippen LogP contribution is 2.40. The molecule has 1 aliphatic rings. The quantitative estimate of drug-likeness (QED) is 0.878. The maximum atomic E-state index is 11.8. The Balaban J connectivity index is 1.72. The molecule has 0 atom stereocenters. The fraction of sp³-hybridized carbons (Fsp3) is 0.267. The van der Waals surface area contributed by atoms with Crippen molar-refractivity contribution >= 4 is 11.9 Å². The van der Waals surface area contributed by atoms with Crippen molar-refractivity contribution in [3.8, 4) is 0 Å². The topological polar surface area (TPSA) is 92.4 Å². The monoisotopic (exact) mass is 286 g/mol. The van der Waals surface area contributed by atoms with E-state index in [9.17, 15) is 9.59 Å². The third-order valence-corrected chi connectivity index (χ3v) is 3.39. The number of hydrogen-bond donors (Lipinski definition) is 2. The molecule has 3 rings (SSSR count). The van der Waals surface area contributed by atoms with Gasteiger partial charge in [-0.15, -0.1) is 0 Å². The molecule has 0 spiro atoms. The van der Waals surface area contributed by atoms with E-state index in [2.05, 4.69) is 10.3 Å². The number of aromatic carboxylic acids is 1. The molecule has 1 amide bonds. The van der Waals surface area contributed by atoms with Crippen molar-refractivity contribution in [2.24, 2.45) is 0 Å². The molecule has 2 aromatic rings. The summed E-state index contributed by atoms with van der Waals surface area (Å²) in [4.78, 5) is 27.3. The zero-order valence-corrected chi connectivity index (χ0v) is 11.2. The van der Waals surface area contributed by atoms with Crippen LogP contribution >= 0.6 is 0 Å². The summed E-state index contributed by atoms with van der Waals surface area (Å²) in [5, 5.41) is 11.9. The van der Waals surface area contributed by atoms with Crippen molar-refractivity contribution in [1.82, 2.24) is 10.3 Å². The van der Waals surface area contributed by atoms with E-state index in [0.29, 0.717) is 17.0 Å². The Morgan fingerprint density at radius 2 is 2.14 bits per heavy atom. The van der Waals surface area contributed by atoms with Crippen LogP contribution in [0.5, 0.6) is 0 Å². The second-order valence-electron chi connectivity index (χ2n) is 5.01.